The summed E-state index contributed by atoms with van der Waals surface area (Å²) in [4.78, 5) is 26.8. The second-order valence-electron chi connectivity index (χ2n) is 6.75. The highest BCUT2D eigenvalue weighted by Crippen LogP contribution is 2.34. The fourth-order valence-electron chi connectivity index (χ4n) is 3.33. The van der Waals surface area contributed by atoms with Crippen molar-refractivity contribution < 1.29 is 19.1 Å². The van der Waals surface area contributed by atoms with Crippen LogP contribution < -0.4 is 19.7 Å². The van der Waals surface area contributed by atoms with Crippen molar-refractivity contribution in [3.05, 3.63) is 42.0 Å². The molecule has 0 bridgehead atoms. The van der Waals surface area contributed by atoms with Gasteiger partial charge < -0.3 is 19.7 Å². The van der Waals surface area contributed by atoms with Crippen molar-refractivity contribution in [3.63, 3.8) is 0 Å². The molecule has 4 rings (SSSR count). The van der Waals surface area contributed by atoms with Gasteiger partial charge in [0.1, 0.15) is 13.2 Å². The van der Waals surface area contributed by atoms with Crippen molar-refractivity contribution in [3.8, 4) is 11.5 Å². The van der Waals surface area contributed by atoms with Gasteiger partial charge in [0.25, 0.3) is 0 Å². The Balaban J connectivity index is 1.30. The predicted molar refractivity (Wildman–Crippen MR) is 110 cm³/mol. The average molecular weight is 398 g/mol. The molecule has 28 heavy (non-hydrogen) atoms. The Hall–Kier alpha value is -2.67. The molecule has 0 radical (unpaired) electrons. The molecule has 2 heterocycles. The van der Waals surface area contributed by atoms with Crippen LogP contribution in [0.2, 0.25) is 0 Å². The maximum absolute atomic E-state index is 12.3. The molecule has 1 N–H and O–H groups in total. The van der Waals surface area contributed by atoms with Gasteiger partial charge >= 0.3 is 0 Å². The molecule has 6 nitrogen and oxygen atoms in total. The number of ether oxygens (including phenoxy) is 2. The lowest BCUT2D eigenvalue weighted by Gasteiger charge is -2.26. The summed E-state index contributed by atoms with van der Waals surface area (Å²) in [6.45, 7) is 1.14. The van der Waals surface area contributed by atoms with Crippen molar-refractivity contribution in [2.75, 3.05) is 36.2 Å². The highest BCUT2D eigenvalue weighted by atomic mass is 32.2. The fourth-order valence-corrected chi connectivity index (χ4v) is 4.21. The van der Waals surface area contributed by atoms with Gasteiger partial charge in [-0.1, -0.05) is 0 Å². The van der Waals surface area contributed by atoms with E-state index >= 15 is 0 Å². The third-order valence-electron chi connectivity index (χ3n) is 4.82. The van der Waals surface area contributed by atoms with Crippen LogP contribution in [-0.2, 0) is 16.0 Å². The van der Waals surface area contributed by atoms with E-state index in [2.05, 4.69) is 5.32 Å². The van der Waals surface area contributed by atoms with Crippen LogP contribution in [0.4, 0.5) is 11.4 Å². The molecule has 2 aromatic carbocycles. The molecule has 2 aliphatic rings. The summed E-state index contributed by atoms with van der Waals surface area (Å²) >= 11 is 1.61. The predicted octanol–water partition coefficient (Wildman–Crippen LogP) is 3.49. The number of benzene rings is 2. The van der Waals surface area contributed by atoms with E-state index in [4.69, 9.17) is 9.47 Å². The maximum atomic E-state index is 12.3. The molecule has 7 heteroatoms. The number of anilines is 2. The topological polar surface area (TPSA) is 67.9 Å². The number of thioether (sulfide) groups is 1. The second kappa shape index (κ2) is 8.14. The minimum atomic E-state index is -0.0229. The molecule has 0 spiro atoms. The van der Waals surface area contributed by atoms with Crippen LogP contribution in [0.5, 0.6) is 11.5 Å². The first kappa shape index (κ1) is 18.7. The molecule has 0 aliphatic carbocycles. The zero-order valence-electron chi connectivity index (χ0n) is 15.7. The van der Waals surface area contributed by atoms with E-state index in [1.165, 1.54) is 0 Å². The number of carbonyl (C=O) groups is 2. The van der Waals surface area contributed by atoms with Gasteiger partial charge in [-0.25, -0.2) is 0 Å². The molecule has 0 atom stereocenters. The highest BCUT2D eigenvalue weighted by Gasteiger charge is 2.21. The molecule has 2 aliphatic heterocycles. The Morgan fingerprint density at radius 2 is 1.93 bits per heavy atom. The number of carbonyl (C=O) groups excluding carboxylic acids is 2. The van der Waals surface area contributed by atoms with Crippen LogP contribution in [0.1, 0.15) is 18.4 Å². The smallest absolute Gasteiger partial charge is 0.227 e. The molecule has 0 fully saturated rings. The lowest BCUT2D eigenvalue weighted by Crippen LogP contribution is -2.31. The molecule has 0 saturated heterocycles. The van der Waals surface area contributed by atoms with Gasteiger partial charge in [-0.05, 0) is 48.4 Å². The van der Waals surface area contributed by atoms with Gasteiger partial charge in [-0.15, -0.1) is 11.8 Å². The summed E-state index contributed by atoms with van der Waals surface area (Å²) < 4.78 is 11.1. The Morgan fingerprint density at radius 3 is 2.79 bits per heavy atom. The quantitative estimate of drug-likeness (QED) is 0.781. The highest BCUT2D eigenvalue weighted by molar-refractivity contribution is 7.99. The van der Waals surface area contributed by atoms with Gasteiger partial charge in [-0.2, -0.15) is 0 Å². The van der Waals surface area contributed by atoms with E-state index in [9.17, 15) is 9.59 Å². The first-order valence-electron chi connectivity index (χ1n) is 9.32. The molecule has 2 amide bonds. The normalized spacial score (nSPS) is 15.2. The van der Waals surface area contributed by atoms with Crippen LogP contribution in [0.25, 0.3) is 0 Å². The zero-order valence-corrected chi connectivity index (χ0v) is 16.5. The number of hydrogen-bond acceptors (Lipinski definition) is 5. The molecule has 146 valence electrons. The van der Waals surface area contributed by atoms with E-state index < -0.39 is 0 Å². The van der Waals surface area contributed by atoms with E-state index in [-0.39, 0.29) is 11.8 Å². The Bertz CT molecular complexity index is 915. The monoisotopic (exact) mass is 398 g/mol. The van der Waals surface area contributed by atoms with Crippen LogP contribution in [0, 0.1) is 0 Å². The first-order chi connectivity index (χ1) is 13.6. The number of amides is 2. The van der Waals surface area contributed by atoms with Crippen LogP contribution in [0.3, 0.4) is 0 Å². The Kier molecular flexibility index (Phi) is 5.43. The fraction of sp³-hybridized carbons (Fsp3) is 0.333. The number of fused-ring (bicyclic) bond motifs is 2. The van der Waals surface area contributed by atoms with Gasteiger partial charge in [0.15, 0.2) is 11.5 Å². The number of hydrogen-bond donors (Lipinski definition) is 1. The summed E-state index contributed by atoms with van der Waals surface area (Å²) in [6.07, 6.45) is 1.63. The van der Waals surface area contributed by atoms with Crippen LogP contribution >= 0.6 is 11.8 Å². The Labute approximate surface area is 168 Å². The number of rotatable bonds is 5. The van der Waals surface area contributed by atoms with Crippen molar-refractivity contribution in [1.29, 1.82) is 0 Å². The minimum absolute atomic E-state index is 0.0229. The van der Waals surface area contributed by atoms with E-state index in [0.29, 0.717) is 38.2 Å². The largest absolute Gasteiger partial charge is 0.486 e. The second-order valence-corrected chi connectivity index (χ2v) is 7.92. The number of nitrogens with one attached hydrogen (secondary N) is 1. The maximum Gasteiger partial charge on any atom is 0.227 e. The average Bonchev–Trinajstić information content (AvgIpc) is 2.71. The van der Waals surface area contributed by atoms with E-state index in [1.807, 2.05) is 36.4 Å². The summed E-state index contributed by atoms with van der Waals surface area (Å²) in [5.41, 5.74) is 2.78. The van der Waals surface area contributed by atoms with Gasteiger partial charge in [0.2, 0.25) is 11.8 Å². The van der Waals surface area contributed by atoms with Gasteiger partial charge in [0, 0.05) is 41.9 Å². The SMILES string of the molecule is CN1C(=O)CCc2cc(NC(=O)CCSc3ccc4c(c3)OCCO4)ccc21. The lowest BCUT2D eigenvalue weighted by atomic mass is 10.0. The standard InChI is InChI=1S/C21H22N2O4S/c1-23-17-5-3-15(12-14(17)2-7-21(23)25)22-20(24)8-11-28-16-4-6-18-19(13-16)27-10-9-26-18/h3-6,12-13H,2,7-11H2,1H3,(H,22,24). The third-order valence-corrected chi connectivity index (χ3v) is 5.81. The summed E-state index contributed by atoms with van der Waals surface area (Å²) in [6, 6.07) is 11.6. The van der Waals surface area contributed by atoms with Crippen molar-refractivity contribution >= 4 is 35.0 Å². The third kappa shape index (κ3) is 4.09. The summed E-state index contributed by atoms with van der Waals surface area (Å²) in [7, 11) is 1.79. The van der Waals surface area contributed by atoms with Gasteiger partial charge in [-0.3, -0.25) is 9.59 Å². The minimum Gasteiger partial charge on any atom is -0.486 e. The zero-order chi connectivity index (χ0) is 19.5. The van der Waals surface area contributed by atoms with Crippen LogP contribution in [-0.4, -0.2) is 37.8 Å². The van der Waals surface area contributed by atoms with Crippen molar-refractivity contribution in [2.24, 2.45) is 0 Å². The van der Waals surface area contributed by atoms with Crippen molar-refractivity contribution in [2.45, 2.75) is 24.2 Å². The Morgan fingerprint density at radius 1 is 1.11 bits per heavy atom. The number of nitrogens with zero attached hydrogens (tertiary/aromatic N) is 1. The molecular weight excluding hydrogens is 376 g/mol. The number of aryl methyl sites for hydroxylation is 1. The van der Waals surface area contributed by atoms with E-state index in [0.717, 1.165) is 33.3 Å². The molecule has 0 aromatic heterocycles. The van der Waals surface area contributed by atoms with E-state index in [1.54, 1.807) is 23.7 Å². The molecule has 2 aromatic rings. The summed E-state index contributed by atoms with van der Waals surface area (Å²) in [5.74, 6) is 2.31. The lowest BCUT2D eigenvalue weighted by molar-refractivity contribution is -0.118. The first-order valence-corrected chi connectivity index (χ1v) is 10.3. The molecule has 0 saturated carbocycles. The summed E-state index contributed by atoms with van der Waals surface area (Å²) in [5, 5.41) is 2.95. The molecular formula is C21H22N2O4S. The van der Waals surface area contributed by atoms with Gasteiger partial charge in [0.05, 0.1) is 0 Å². The molecule has 0 unspecified atom stereocenters. The van der Waals surface area contributed by atoms with Crippen molar-refractivity contribution in [1.82, 2.24) is 0 Å². The van der Waals surface area contributed by atoms with Crippen LogP contribution in [0.15, 0.2) is 41.3 Å².